The number of carbonyl (C=O) groups is 1. The molecule has 1 aromatic rings. The predicted octanol–water partition coefficient (Wildman–Crippen LogP) is 3.55. The molecule has 2 rings (SSSR count). The van der Waals surface area contributed by atoms with Gasteiger partial charge in [0.05, 0.1) is 5.41 Å². The van der Waals surface area contributed by atoms with Crippen LogP contribution in [0.15, 0.2) is 24.3 Å². The lowest BCUT2D eigenvalue weighted by Crippen LogP contribution is -2.41. The Bertz CT molecular complexity index is 468. The van der Waals surface area contributed by atoms with Gasteiger partial charge in [0, 0.05) is 11.6 Å². The van der Waals surface area contributed by atoms with Crippen molar-refractivity contribution in [3.05, 3.63) is 34.9 Å². The third kappa shape index (κ3) is 5.15. The molecule has 1 aliphatic heterocycles. The fourth-order valence-electron chi connectivity index (χ4n) is 2.78. The number of piperidine rings is 1. The molecule has 0 aliphatic carbocycles. The van der Waals surface area contributed by atoms with Crippen molar-refractivity contribution in [3.8, 4) is 0 Å². The summed E-state index contributed by atoms with van der Waals surface area (Å²) in [5, 5.41) is 7.19. The lowest BCUT2D eigenvalue weighted by molar-refractivity contribution is -0.125. The Balaban J connectivity index is 0.00000242. The van der Waals surface area contributed by atoms with Gasteiger partial charge in [-0.1, -0.05) is 23.7 Å². The number of hydrogen-bond acceptors (Lipinski definition) is 2. The van der Waals surface area contributed by atoms with Crippen LogP contribution in [0, 0.1) is 5.92 Å². The highest BCUT2D eigenvalue weighted by Gasteiger charge is 2.29. The zero-order valence-corrected chi connectivity index (χ0v) is 14.9. The first-order valence-corrected chi connectivity index (χ1v) is 8.13. The molecule has 22 heavy (non-hydrogen) atoms. The van der Waals surface area contributed by atoms with Gasteiger partial charge in [0.2, 0.25) is 5.91 Å². The molecule has 3 nitrogen and oxygen atoms in total. The van der Waals surface area contributed by atoms with Crippen molar-refractivity contribution in [2.45, 2.75) is 38.5 Å². The van der Waals surface area contributed by atoms with E-state index in [1.54, 1.807) is 0 Å². The van der Waals surface area contributed by atoms with Crippen molar-refractivity contribution in [1.29, 1.82) is 0 Å². The van der Waals surface area contributed by atoms with Crippen molar-refractivity contribution in [2.24, 2.45) is 5.92 Å². The van der Waals surface area contributed by atoms with Crippen LogP contribution in [-0.2, 0) is 10.2 Å². The van der Waals surface area contributed by atoms with E-state index >= 15 is 0 Å². The van der Waals surface area contributed by atoms with E-state index in [0.717, 1.165) is 31.6 Å². The third-order valence-corrected chi connectivity index (χ3v) is 4.62. The summed E-state index contributed by atoms with van der Waals surface area (Å²) in [6, 6.07) is 7.51. The first-order chi connectivity index (χ1) is 10.00. The molecule has 1 fully saturated rings. The first kappa shape index (κ1) is 19.3. The SMILES string of the molecule is CC(C)(C(=O)NCCC1CCCNC1)c1ccc(Cl)cc1.Cl. The van der Waals surface area contributed by atoms with Crippen LogP contribution in [0.3, 0.4) is 0 Å². The molecule has 1 amide bonds. The summed E-state index contributed by atoms with van der Waals surface area (Å²) < 4.78 is 0. The highest BCUT2D eigenvalue weighted by Crippen LogP contribution is 2.25. The lowest BCUT2D eigenvalue weighted by atomic mass is 9.83. The maximum absolute atomic E-state index is 12.4. The van der Waals surface area contributed by atoms with Crippen molar-refractivity contribution in [2.75, 3.05) is 19.6 Å². The summed E-state index contributed by atoms with van der Waals surface area (Å²) in [4.78, 5) is 12.4. The Morgan fingerprint density at radius 2 is 2.05 bits per heavy atom. The fourth-order valence-corrected chi connectivity index (χ4v) is 2.90. The molecule has 0 saturated carbocycles. The Morgan fingerprint density at radius 1 is 1.36 bits per heavy atom. The maximum atomic E-state index is 12.4. The third-order valence-electron chi connectivity index (χ3n) is 4.37. The van der Waals surface area contributed by atoms with E-state index in [-0.39, 0.29) is 18.3 Å². The topological polar surface area (TPSA) is 41.1 Å². The normalized spacial score (nSPS) is 18.4. The van der Waals surface area contributed by atoms with Gasteiger partial charge in [-0.15, -0.1) is 12.4 Å². The van der Waals surface area contributed by atoms with Crippen molar-refractivity contribution in [3.63, 3.8) is 0 Å². The maximum Gasteiger partial charge on any atom is 0.230 e. The average molecular weight is 345 g/mol. The minimum Gasteiger partial charge on any atom is -0.355 e. The van der Waals surface area contributed by atoms with Crippen LogP contribution in [0.4, 0.5) is 0 Å². The fraction of sp³-hybridized carbons (Fsp3) is 0.588. The number of rotatable bonds is 5. The molecule has 124 valence electrons. The van der Waals surface area contributed by atoms with Gasteiger partial charge in [-0.2, -0.15) is 0 Å². The summed E-state index contributed by atoms with van der Waals surface area (Å²) in [5.41, 5.74) is 0.457. The lowest BCUT2D eigenvalue weighted by Gasteiger charge is -2.26. The standard InChI is InChI=1S/C17H25ClN2O.ClH/c1-17(2,14-5-7-15(18)8-6-14)16(21)20-11-9-13-4-3-10-19-12-13;/h5-8,13,19H,3-4,9-12H2,1-2H3,(H,20,21);1H. The van der Waals surface area contributed by atoms with Crippen LogP contribution in [0.1, 0.15) is 38.7 Å². The smallest absolute Gasteiger partial charge is 0.230 e. The molecular weight excluding hydrogens is 319 g/mol. The second kappa shape index (κ2) is 8.76. The minimum atomic E-state index is -0.532. The number of hydrogen-bond donors (Lipinski definition) is 2. The van der Waals surface area contributed by atoms with Gasteiger partial charge >= 0.3 is 0 Å². The molecule has 1 atom stereocenters. The first-order valence-electron chi connectivity index (χ1n) is 7.75. The van der Waals surface area contributed by atoms with Crippen LogP contribution in [-0.4, -0.2) is 25.5 Å². The van der Waals surface area contributed by atoms with Crippen LogP contribution >= 0.6 is 24.0 Å². The van der Waals surface area contributed by atoms with E-state index < -0.39 is 5.41 Å². The van der Waals surface area contributed by atoms with Crippen molar-refractivity contribution < 1.29 is 4.79 Å². The van der Waals surface area contributed by atoms with Crippen LogP contribution in [0.2, 0.25) is 5.02 Å². The molecule has 1 unspecified atom stereocenters. The van der Waals surface area contributed by atoms with Crippen molar-refractivity contribution >= 4 is 29.9 Å². The Morgan fingerprint density at radius 3 is 2.64 bits per heavy atom. The van der Waals surface area contributed by atoms with E-state index in [1.807, 2.05) is 38.1 Å². The van der Waals surface area contributed by atoms with Gasteiger partial charge in [-0.3, -0.25) is 4.79 Å². The Kier molecular flexibility index (Phi) is 7.67. The number of nitrogens with one attached hydrogen (secondary N) is 2. The summed E-state index contributed by atoms with van der Waals surface area (Å²) in [6.45, 7) is 6.87. The van der Waals surface area contributed by atoms with E-state index in [9.17, 15) is 4.79 Å². The second-order valence-electron chi connectivity index (χ2n) is 6.39. The van der Waals surface area contributed by atoms with Crippen LogP contribution in [0.25, 0.3) is 0 Å². The zero-order chi connectivity index (χ0) is 15.3. The molecule has 0 radical (unpaired) electrons. The Labute approximate surface area is 144 Å². The molecule has 1 saturated heterocycles. The highest BCUT2D eigenvalue weighted by atomic mass is 35.5. The summed E-state index contributed by atoms with van der Waals surface area (Å²) in [7, 11) is 0. The average Bonchev–Trinajstić information content (AvgIpc) is 2.48. The minimum absolute atomic E-state index is 0. The monoisotopic (exact) mass is 344 g/mol. The molecule has 5 heteroatoms. The number of carbonyl (C=O) groups excluding carboxylic acids is 1. The molecule has 2 N–H and O–H groups in total. The molecule has 0 spiro atoms. The molecule has 0 aromatic heterocycles. The highest BCUT2D eigenvalue weighted by molar-refractivity contribution is 6.30. The molecule has 1 heterocycles. The van der Waals surface area contributed by atoms with Crippen LogP contribution < -0.4 is 10.6 Å². The second-order valence-corrected chi connectivity index (χ2v) is 6.83. The summed E-state index contributed by atoms with van der Waals surface area (Å²) in [5.74, 6) is 0.770. The van der Waals surface area contributed by atoms with E-state index in [4.69, 9.17) is 11.6 Å². The van der Waals surface area contributed by atoms with Gasteiger partial charge in [0.1, 0.15) is 0 Å². The Hall–Kier alpha value is -0.770. The van der Waals surface area contributed by atoms with Gasteiger partial charge < -0.3 is 10.6 Å². The van der Waals surface area contributed by atoms with Crippen LogP contribution in [0.5, 0.6) is 0 Å². The van der Waals surface area contributed by atoms with Gasteiger partial charge in [0.25, 0.3) is 0 Å². The predicted molar refractivity (Wildman–Crippen MR) is 94.9 cm³/mol. The molecule has 0 bridgehead atoms. The summed E-state index contributed by atoms with van der Waals surface area (Å²) >= 11 is 5.90. The number of amides is 1. The van der Waals surface area contributed by atoms with Crippen molar-refractivity contribution in [1.82, 2.24) is 10.6 Å². The molecule has 1 aromatic carbocycles. The molecule has 1 aliphatic rings. The number of halogens is 2. The molecular formula is C17H26Cl2N2O. The largest absolute Gasteiger partial charge is 0.355 e. The quantitative estimate of drug-likeness (QED) is 0.857. The number of benzene rings is 1. The van der Waals surface area contributed by atoms with Gasteiger partial charge in [-0.05, 0) is 69.8 Å². The van der Waals surface area contributed by atoms with E-state index in [0.29, 0.717) is 10.9 Å². The summed E-state index contributed by atoms with van der Waals surface area (Å²) in [6.07, 6.45) is 3.56. The van der Waals surface area contributed by atoms with E-state index in [1.165, 1.54) is 12.8 Å². The zero-order valence-electron chi connectivity index (χ0n) is 13.3. The van der Waals surface area contributed by atoms with E-state index in [2.05, 4.69) is 10.6 Å². The van der Waals surface area contributed by atoms with Gasteiger partial charge in [-0.25, -0.2) is 0 Å². The van der Waals surface area contributed by atoms with Gasteiger partial charge in [0.15, 0.2) is 0 Å².